The molecule has 22 heavy (non-hydrogen) atoms. The number of carbonyl (C=O) groups excluding carboxylic acids is 2. The lowest BCUT2D eigenvalue weighted by Gasteiger charge is -2.33. The summed E-state index contributed by atoms with van der Waals surface area (Å²) >= 11 is 0. The zero-order valence-electron chi connectivity index (χ0n) is 13.6. The van der Waals surface area contributed by atoms with E-state index in [0.717, 1.165) is 11.1 Å². The Hall–Kier alpha value is -1.88. The molecule has 5 nitrogen and oxygen atoms in total. The molecule has 0 spiro atoms. The minimum atomic E-state index is -0.261. The second-order valence-corrected chi connectivity index (χ2v) is 5.68. The molecule has 1 aliphatic heterocycles. The highest BCUT2D eigenvalue weighted by molar-refractivity contribution is 5.97. The van der Waals surface area contributed by atoms with E-state index in [4.69, 9.17) is 4.74 Å². The number of ketones is 1. The zero-order valence-corrected chi connectivity index (χ0v) is 13.6. The SMILES string of the molecule is CCOC(=O)N1CCN(CC(=O)c2ccc(C)c(C)c2)CC1. The van der Waals surface area contributed by atoms with Crippen LogP contribution in [0.3, 0.4) is 0 Å². The highest BCUT2D eigenvalue weighted by Gasteiger charge is 2.23. The largest absolute Gasteiger partial charge is 0.450 e. The molecular formula is C17H24N2O3. The lowest BCUT2D eigenvalue weighted by Crippen LogP contribution is -2.50. The van der Waals surface area contributed by atoms with Crippen LogP contribution in [0.2, 0.25) is 0 Å². The molecule has 0 atom stereocenters. The minimum Gasteiger partial charge on any atom is -0.450 e. The fourth-order valence-electron chi connectivity index (χ4n) is 2.51. The van der Waals surface area contributed by atoms with Gasteiger partial charge in [-0.1, -0.05) is 12.1 Å². The standard InChI is InChI=1S/C17H24N2O3/c1-4-22-17(21)19-9-7-18(8-10-19)12-16(20)15-6-5-13(2)14(3)11-15/h5-6,11H,4,7-10,12H2,1-3H3. The van der Waals surface area contributed by atoms with Crippen molar-refractivity contribution in [3.63, 3.8) is 0 Å². The van der Waals surface area contributed by atoms with Crippen LogP contribution in [0.15, 0.2) is 18.2 Å². The zero-order chi connectivity index (χ0) is 16.1. The smallest absolute Gasteiger partial charge is 0.409 e. The van der Waals surface area contributed by atoms with Crippen LogP contribution in [-0.4, -0.2) is 61.0 Å². The van der Waals surface area contributed by atoms with Crippen LogP contribution in [0.4, 0.5) is 4.79 Å². The molecule has 1 aromatic carbocycles. The van der Waals surface area contributed by atoms with E-state index < -0.39 is 0 Å². The first-order valence-electron chi connectivity index (χ1n) is 7.75. The van der Waals surface area contributed by atoms with Crippen LogP contribution in [0.25, 0.3) is 0 Å². The molecule has 1 heterocycles. The number of ether oxygens (including phenoxy) is 1. The van der Waals surface area contributed by atoms with Crippen molar-refractivity contribution in [2.24, 2.45) is 0 Å². The van der Waals surface area contributed by atoms with Gasteiger partial charge in [-0.3, -0.25) is 9.69 Å². The molecule has 1 aliphatic rings. The maximum absolute atomic E-state index is 12.3. The number of piperazine rings is 1. The van der Waals surface area contributed by atoms with Crippen molar-refractivity contribution in [2.45, 2.75) is 20.8 Å². The lowest BCUT2D eigenvalue weighted by atomic mass is 10.0. The van der Waals surface area contributed by atoms with E-state index in [9.17, 15) is 9.59 Å². The van der Waals surface area contributed by atoms with Gasteiger partial charge in [0.1, 0.15) is 0 Å². The van der Waals surface area contributed by atoms with Crippen molar-refractivity contribution >= 4 is 11.9 Å². The second kappa shape index (κ2) is 7.40. The Kier molecular flexibility index (Phi) is 5.55. The van der Waals surface area contributed by atoms with E-state index >= 15 is 0 Å². The van der Waals surface area contributed by atoms with Crippen LogP contribution in [0.1, 0.15) is 28.4 Å². The maximum atomic E-state index is 12.3. The Balaban J connectivity index is 1.86. The summed E-state index contributed by atoms with van der Waals surface area (Å²) in [6.07, 6.45) is -0.261. The molecule has 0 saturated carbocycles. The van der Waals surface area contributed by atoms with Crippen molar-refractivity contribution in [3.8, 4) is 0 Å². The topological polar surface area (TPSA) is 49.9 Å². The Morgan fingerprint density at radius 2 is 1.77 bits per heavy atom. The van der Waals surface area contributed by atoms with E-state index in [0.29, 0.717) is 39.3 Å². The van der Waals surface area contributed by atoms with Gasteiger partial charge in [0.05, 0.1) is 13.2 Å². The number of rotatable bonds is 4. The molecule has 0 bridgehead atoms. The third kappa shape index (κ3) is 4.07. The van der Waals surface area contributed by atoms with Crippen molar-refractivity contribution in [2.75, 3.05) is 39.3 Å². The van der Waals surface area contributed by atoms with Gasteiger partial charge in [-0.05, 0) is 38.0 Å². The van der Waals surface area contributed by atoms with Gasteiger partial charge in [-0.2, -0.15) is 0 Å². The number of hydrogen-bond acceptors (Lipinski definition) is 4. The summed E-state index contributed by atoms with van der Waals surface area (Å²) in [4.78, 5) is 27.8. The monoisotopic (exact) mass is 304 g/mol. The lowest BCUT2D eigenvalue weighted by molar-refractivity contribution is 0.0733. The Morgan fingerprint density at radius 3 is 2.36 bits per heavy atom. The fourth-order valence-corrected chi connectivity index (χ4v) is 2.51. The number of aryl methyl sites for hydroxylation is 2. The quantitative estimate of drug-likeness (QED) is 0.801. The molecule has 1 saturated heterocycles. The van der Waals surface area contributed by atoms with Gasteiger partial charge in [-0.25, -0.2) is 4.79 Å². The number of amides is 1. The number of Topliss-reactive ketones (excluding diaryl/α,β-unsaturated/α-hetero) is 1. The summed E-state index contributed by atoms with van der Waals surface area (Å²) < 4.78 is 4.99. The summed E-state index contributed by atoms with van der Waals surface area (Å²) in [5.41, 5.74) is 3.09. The molecule has 2 rings (SSSR count). The molecule has 1 fully saturated rings. The first kappa shape index (κ1) is 16.5. The van der Waals surface area contributed by atoms with Gasteiger partial charge in [0.25, 0.3) is 0 Å². The molecule has 5 heteroatoms. The highest BCUT2D eigenvalue weighted by Crippen LogP contribution is 2.12. The first-order valence-corrected chi connectivity index (χ1v) is 7.75. The summed E-state index contributed by atoms with van der Waals surface area (Å²) in [7, 11) is 0. The molecule has 0 radical (unpaired) electrons. The molecular weight excluding hydrogens is 280 g/mol. The number of benzene rings is 1. The van der Waals surface area contributed by atoms with E-state index in [1.165, 1.54) is 5.56 Å². The average molecular weight is 304 g/mol. The Morgan fingerprint density at radius 1 is 1.09 bits per heavy atom. The predicted octanol–water partition coefficient (Wildman–Crippen LogP) is 2.26. The predicted molar refractivity (Wildman–Crippen MR) is 85.3 cm³/mol. The van der Waals surface area contributed by atoms with E-state index in [1.807, 2.05) is 32.0 Å². The fraction of sp³-hybridized carbons (Fsp3) is 0.529. The summed E-state index contributed by atoms with van der Waals surface area (Å²) in [6.45, 7) is 9.28. The summed E-state index contributed by atoms with van der Waals surface area (Å²) in [5.74, 6) is 0.132. The van der Waals surface area contributed by atoms with Crippen molar-refractivity contribution in [3.05, 3.63) is 34.9 Å². The van der Waals surface area contributed by atoms with Crippen molar-refractivity contribution < 1.29 is 14.3 Å². The second-order valence-electron chi connectivity index (χ2n) is 5.68. The number of carbonyl (C=O) groups is 2. The highest BCUT2D eigenvalue weighted by atomic mass is 16.6. The third-order valence-corrected chi connectivity index (χ3v) is 4.09. The van der Waals surface area contributed by atoms with Crippen LogP contribution < -0.4 is 0 Å². The van der Waals surface area contributed by atoms with Gasteiger partial charge < -0.3 is 9.64 Å². The molecule has 1 amide bonds. The normalized spacial score (nSPS) is 15.7. The van der Waals surface area contributed by atoms with Crippen LogP contribution in [0.5, 0.6) is 0 Å². The first-order chi connectivity index (χ1) is 10.5. The average Bonchev–Trinajstić information content (AvgIpc) is 2.51. The minimum absolute atomic E-state index is 0.132. The van der Waals surface area contributed by atoms with E-state index in [-0.39, 0.29) is 11.9 Å². The summed E-state index contributed by atoms with van der Waals surface area (Å²) in [6, 6.07) is 5.83. The van der Waals surface area contributed by atoms with Crippen molar-refractivity contribution in [1.29, 1.82) is 0 Å². The molecule has 0 unspecified atom stereocenters. The van der Waals surface area contributed by atoms with Gasteiger partial charge >= 0.3 is 6.09 Å². The molecule has 0 aromatic heterocycles. The Bertz CT molecular complexity index is 549. The van der Waals surface area contributed by atoms with Crippen LogP contribution in [-0.2, 0) is 4.74 Å². The van der Waals surface area contributed by atoms with E-state index in [1.54, 1.807) is 11.8 Å². The van der Waals surface area contributed by atoms with Gasteiger partial charge in [0, 0.05) is 31.7 Å². The third-order valence-electron chi connectivity index (χ3n) is 4.09. The number of hydrogen-bond donors (Lipinski definition) is 0. The Labute approximate surface area is 131 Å². The van der Waals surface area contributed by atoms with Crippen LogP contribution in [0, 0.1) is 13.8 Å². The molecule has 1 aromatic rings. The summed E-state index contributed by atoms with van der Waals surface area (Å²) in [5, 5.41) is 0. The molecule has 120 valence electrons. The maximum Gasteiger partial charge on any atom is 0.409 e. The van der Waals surface area contributed by atoms with Gasteiger partial charge in [0.2, 0.25) is 0 Å². The van der Waals surface area contributed by atoms with Gasteiger partial charge in [0.15, 0.2) is 5.78 Å². The van der Waals surface area contributed by atoms with Gasteiger partial charge in [-0.15, -0.1) is 0 Å². The van der Waals surface area contributed by atoms with Crippen molar-refractivity contribution in [1.82, 2.24) is 9.80 Å². The van der Waals surface area contributed by atoms with E-state index in [2.05, 4.69) is 4.90 Å². The molecule has 0 aliphatic carbocycles. The van der Waals surface area contributed by atoms with Crippen LogP contribution >= 0.6 is 0 Å². The number of nitrogens with zero attached hydrogens (tertiary/aromatic N) is 2. The molecule has 0 N–H and O–H groups in total.